The van der Waals surface area contributed by atoms with Crippen LogP contribution < -0.4 is 11.3 Å². The van der Waals surface area contributed by atoms with E-state index in [0.29, 0.717) is 11.4 Å². The zero-order chi connectivity index (χ0) is 13.8. The molecule has 0 bridgehead atoms. The Morgan fingerprint density at radius 3 is 2.68 bits per heavy atom. The van der Waals surface area contributed by atoms with E-state index >= 15 is 0 Å². The number of aromatic nitrogens is 3. The number of nitrogens with two attached hydrogens (primary N) is 1. The number of carbonyl (C=O) groups is 1. The second-order valence-electron chi connectivity index (χ2n) is 3.64. The fraction of sp³-hybridized carbons (Fsp3) is 0.100. The first-order valence-corrected chi connectivity index (χ1v) is 5.24. The third-order valence-corrected chi connectivity index (χ3v) is 2.34. The number of carbonyl (C=O) groups excluding carboxylic acids is 1. The highest BCUT2D eigenvalue weighted by atomic mass is 16.6. The summed E-state index contributed by atoms with van der Waals surface area (Å²) >= 11 is 0. The molecule has 3 N–H and O–H groups in total. The van der Waals surface area contributed by atoms with Crippen molar-refractivity contribution < 1.29 is 9.72 Å². The highest BCUT2D eigenvalue weighted by molar-refractivity contribution is 5.74. The van der Waals surface area contributed by atoms with Crippen LogP contribution in [-0.2, 0) is 11.3 Å². The normalized spacial score (nSPS) is 10.2. The zero-order valence-corrected chi connectivity index (χ0v) is 9.68. The summed E-state index contributed by atoms with van der Waals surface area (Å²) < 4.78 is 1.32. The number of benzene rings is 1. The first-order chi connectivity index (χ1) is 9.10. The molecule has 0 aliphatic carbocycles. The molecule has 0 unspecified atom stereocenters. The van der Waals surface area contributed by atoms with Gasteiger partial charge in [-0.3, -0.25) is 20.3 Å². The van der Waals surface area contributed by atoms with E-state index in [0.717, 1.165) is 0 Å². The molecule has 0 spiro atoms. The number of nitrogens with one attached hydrogen (secondary N) is 1. The fourth-order valence-corrected chi connectivity index (χ4v) is 1.43. The minimum atomic E-state index is -0.485. The molecule has 0 saturated heterocycles. The van der Waals surface area contributed by atoms with Gasteiger partial charge in [0.2, 0.25) is 0 Å². The Kier molecular flexibility index (Phi) is 3.48. The Labute approximate surface area is 107 Å². The summed E-state index contributed by atoms with van der Waals surface area (Å²) in [5, 5.41) is 14.6. The lowest BCUT2D eigenvalue weighted by atomic mass is 10.2. The first kappa shape index (κ1) is 12.6. The van der Waals surface area contributed by atoms with Gasteiger partial charge in [0, 0.05) is 17.7 Å². The standard InChI is InChI=1S/C10H10N6O3/c11-13-9(17)5-15-6-12-10(14-15)7-1-3-8(4-2-7)16(18)19/h1-4,6H,5,11H2,(H,13,17). The lowest BCUT2D eigenvalue weighted by Crippen LogP contribution is -2.33. The summed E-state index contributed by atoms with van der Waals surface area (Å²) in [6.45, 7) is -0.0452. The minimum absolute atomic E-state index is 0.00862. The van der Waals surface area contributed by atoms with Gasteiger partial charge < -0.3 is 0 Å². The number of rotatable bonds is 4. The summed E-state index contributed by atoms with van der Waals surface area (Å²) in [6.07, 6.45) is 1.38. The molecule has 0 fully saturated rings. The van der Waals surface area contributed by atoms with E-state index in [2.05, 4.69) is 10.1 Å². The van der Waals surface area contributed by atoms with Crippen LogP contribution in [0.15, 0.2) is 30.6 Å². The highest BCUT2D eigenvalue weighted by Gasteiger charge is 2.09. The van der Waals surface area contributed by atoms with Gasteiger partial charge in [0.05, 0.1) is 4.92 Å². The predicted octanol–water partition coefficient (Wildman–Crippen LogP) is -0.157. The largest absolute Gasteiger partial charge is 0.293 e. The lowest BCUT2D eigenvalue weighted by molar-refractivity contribution is -0.384. The molecule has 0 saturated carbocycles. The predicted molar refractivity (Wildman–Crippen MR) is 64.4 cm³/mol. The number of hydrazine groups is 1. The maximum atomic E-state index is 11.0. The van der Waals surface area contributed by atoms with Crippen molar-refractivity contribution in [3.05, 3.63) is 40.7 Å². The third-order valence-electron chi connectivity index (χ3n) is 2.34. The Bertz CT molecular complexity index is 606. The van der Waals surface area contributed by atoms with Gasteiger partial charge in [0.15, 0.2) is 5.82 Å². The molecule has 2 aromatic rings. The van der Waals surface area contributed by atoms with Gasteiger partial charge in [-0.15, -0.1) is 0 Å². The van der Waals surface area contributed by atoms with Crippen LogP contribution in [0.3, 0.4) is 0 Å². The van der Waals surface area contributed by atoms with Crippen molar-refractivity contribution in [2.75, 3.05) is 0 Å². The third kappa shape index (κ3) is 2.90. The molecule has 9 nitrogen and oxygen atoms in total. The zero-order valence-electron chi connectivity index (χ0n) is 9.68. The maximum Gasteiger partial charge on any atom is 0.269 e. The van der Waals surface area contributed by atoms with Gasteiger partial charge in [-0.25, -0.2) is 15.5 Å². The SMILES string of the molecule is NNC(=O)Cn1cnc(-c2ccc([N+](=O)[O-])cc2)n1. The molecular weight excluding hydrogens is 252 g/mol. The van der Waals surface area contributed by atoms with Gasteiger partial charge in [-0.2, -0.15) is 5.10 Å². The number of nitro groups is 1. The van der Waals surface area contributed by atoms with Crippen molar-refractivity contribution >= 4 is 11.6 Å². The van der Waals surface area contributed by atoms with E-state index in [1.165, 1.54) is 23.1 Å². The van der Waals surface area contributed by atoms with Gasteiger partial charge in [0.1, 0.15) is 12.9 Å². The topological polar surface area (TPSA) is 129 Å². The number of amides is 1. The van der Waals surface area contributed by atoms with Crippen LogP contribution in [0.5, 0.6) is 0 Å². The van der Waals surface area contributed by atoms with E-state index in [1.54, 1.807) is 12.1 Å². The second-order valence-corrected chi connectivity index (χ2v) is 3.64. The molecule has 1 amide bonds. The Morgan fingerprint density at radius 2 is 2.11 bits per heavy atom. The molecule has 0 aliphatic rings. The second kappa shape index (κ2) is 5.23. The number of non-ortho nitro benzene ring substituents is 1. The van der Waals surface area contributed by atoms with E-state index in [4.69, 9.17) is 5.84 Å². The number of hydrogen-bond donors (Lipinski definition) is 2. The monoisotopic (exact) mass is 262 g/mol. The molecular formula is C10H10N6O3. The van der Waals surface area contributed by atoms with Gasteiger partial charge in [-0.1, -0.05) is 0 Å². The molecule has 1 aromatic carbocycles. The number of nitro benzene ring substituents is 1. The van der Waals surface area contributed by atoms with E-state index in [9.17, 15) is 14.9 Å². The quantitative estimate of drug-likeness (QED) is 0.341. The first-order valence-electron chi connectivity index (χ1n) is 5.24. The smallest absolute Gasteiger partial charge is 0.269 e. The highest BCUT2D eigenvalue weighted by Crippen LogP contribution is 2.18. The average molecular weight is 262 g/mol. The number of nitrogens with zero attached hydrogens (tertiary/aromatic N) is 4. The van der Waals surface area contributed by atoms with Crippen molar-refractivity contribution in [2.45, 2.75) is 6.54 Å². The average Bonchev–Trinajstić information content (AvgIpc) is 2.87. The van der Waals surface area contributed by atoms with Crippen LogP contribution in [0.1, 0.15) is 0 Å². The van der Waals surface area contributed by atoms with Crippen molar-refractivity contribution in [3.63, 3.8) is 0 Å². The molecule has 2 rings (SSSR count). The van der Waals surface area contributed by atoms with Crippen LogP contribution in [0.2, 0.25) is 0 Å². The molecule has 1 heterocycles. The summed E-state index contributed by atoms with van der Waals surface area (Å²) in [5.74, 6) is 4.93. The van der Waals surface area contributed by atoms with Gasteiger partial charge in [0.25, 0.3) is 11.6 Å². The Hall–Kier alpha value is -2.81. The summed E-state index contributed by atoms with van der Waals surface area (Å²) in [6, 6.07) is 5.81. The molecule has 9 heteroatoms. The summed E-state index contributed by atoms with van der Waals surface area (Å²) in [5.41, 5.74) is 2.59. The summed E-state index contributed by atoms with van der Waals surface area (Å²) in [7, 11) is 0. The molecule has 0 radical (unpaired) electrons. The minimum Gasteiger partial charge on any atom is -0.293 e. The Morgan fingerprint density at radius 1 is 1.42 bits per heavy atom. The van der Waals surface area contributed by atoms with Crippen LogP contribution in [0.4, 0.5) is 5.69 Å². The van der Waals surface area contributed by atoms with Crippen LogP contribution >= 0.6 is 0 Å². The van der Waals surface area contributed by atoms with E-state index < -0.39 is 10.8 Å². The molecule has 0 aliphatic heterocycles. The van der Waals surface area contributed by atoms with E-state index in [-0.39, 0.29) is 12.2 Å². The van der Waals surface area contributed by atoms with Crippen LogP contribution in [0.25, 0.3) is 11.4 Å². The maximum absolute atomic E-state index is 11.0. The molecule has 19 heavy (non-hydrogen) atoms. The lowest BCUT2D eigenvalue weighted by Gasteiger charge is -1.98. The van der Waals surface area contributed by atoms with Gasteiger partial charge in [-0.05, 0) is 12.1 Å². The fourth-order valence-electron chi connectivity index (χ4n) is 1.43. The molecule has 1 aromatic heterocycles. The van der Waals surface area contributed by atoms with Crippen molar-refractivity contribution in [3.8, 4) is 11.4 Å². The van der Waals surface area contributed by atoms with Gasteiger partial charge >= 0.3 is 0 Å². The summed E-state index contributed by atoms with van der Waals surface area (Å²) in [4.78, 5) is 25.1. The van der Waals surface area contributed by atoms with Crippen molar-refractivity contribution in [2.24, 2.45) is 5.84 Å². The Balaban J connectivity index is 2.18. The van der Waals surface area contributed by atoms with Crippen LogP contribution in [0, 0.1) is 10.1 Å². The number of hydrogen-bond acceptors (Lipinski definition) is 6. The van der Waals surface area contributed by atoms with Crippen molar-refractivity contribution in [1.29, 1.82) is 0 Å². The van der Waals surface area contributed by atoms with Crippen LogP contribution in [-0.4, -0.2) is 25.6 Å². The van der Waals surface area contributed by atoms with Crippen molar-refractivity contribution in [1.82, 2.24) is 20.2 Å². The molecule has 98 valence electrons. The molecule has 0 atom stereocenters. The van der Waals surface area contributed by atoms with E-state index in [1.807, 2.05) is 5.43 Å².